The summed E-state index contributed by atoms with van der Waals surface area (Å²) in [5.74, 6) is 1.33. The summed E-state index contributed by atoms with van der Waals surface area (Å²) in [4.78, 5) is 25.3. The Morgan fingerprint density at radius 2 is 1.89 bits per heavy atom. The predicted octanol–water partition coefficient (Wildman–Crippen LogP) is 3.20. The molecule has 3 fully saturated rings. The fraction of sp³-hybridized carbons (Fsp3) is 0.586. The summed E-state index contributed by atoms with van der Waals surface area (Å²) in [6.07, 6.45) is 7.82. The fourth-order valence-corrected chi connectivity index (χ4v) is 7.86. The Morgan fingerprint density at radius 1 is 1.17 bits per heavy atom. The highest BCUT2D eigenvalue weighted by Gasteiger charge is 2.68. The molecule has 36 heavy (non-hydrogen) atoms. The second-order valence-electron chi connectivity index (χ2n) is 11.4. The van der Waals surface area contributed by atoms with Crippen molar-refractivity contribution in [3.05, 3.63) is 48.1 Å². The number of ketones is 1. The number of benzene rings is 1. The van der Waals surface area contributed by atoms with Gasteiger partial charge >= 0.3 is 0 Å². The summed E-state index contributed by atoms with van der Waals surface area (Å²) in [6.45, 7) is 4.65. The molecule has 0 radical (unpaired) electrons. The number of allylic oxidation sites excluding steroid dienone is 4. The molecule has 7 heteroatoms. The van der Waals surface area contributed by atoms with E-state index in [0.717, 1.165) is 30.6 Å². The van der Waals surface area contributed by atoms with Crippen molar-refractivity contribution >= 4 is 11.7 Å². The van der Waals surface area contributed by atoms with Crippen LogP contribution < -0.4 is 14.8 Å². The number of aliphatic hydroxyl groups is 2. The summed E-state index contributed by atoms with van der Waals surface area (Å²) in [7, 11) is 1.60. The third-order valence-corrected chi connectivity index (χ3v) is 9.74. The predicted molar refractivity (Wildman–Crippen MR) is 134 cm³/mol. The Hall–Kier alpha value is -2.64. The molecule has 3 N–H and O–H groups in total. The van der Waals surface area contributed by atoms with E-state index in [2.05, 4.69) is 12.2 Å². The zero-order chi connectivity index (χ0) is 25.7. The molecule has 5 rings (SSSR count). The van der Waals surface area contributed by atoms with Gasteiger partial charge in [-0.2, -0.15) is 0 Å². The minimum Gasteiger partial charge on any atom is -0.497 e. The second-order valence-corrected chi connectivity index (χ2v) is 11.4. The third kappa shape index (κ3) is 3.79. The number of carbonyl (C=O) groups excluding carboxylic acids is 2. The van der Waals surface area contributed by atoms with Gasteiger partial charge in [0.1, 0.15) is 23.7 Å². The van der Waals surface area contributed by atoms with Crippen LogP contribution in [0.1, 0.15) is 46.0 Å². The largest absolute Gasteiger partial charge is 0.497 e. The molecule has 0 bridgehead atoms. The number of ether oxygens (including phenoxy) is 2. The van der Waals surface area contributed by atoms with Gasteiger partial charge in [0.2, 0.25) is 0 Å². The monoisotopic (exact) mass is 495 g/mol. The number of carbonyl (C=O) groups is 2. The minimum absolute atomic E-state index is 0.0129. The lowest BCUT2D eigenvalue weighted by Gasteiger charge is -2.59. The summed E-state index contributed by atoms with van der Waals surface area (Å²) in [5.41, 5.74) is -1.53. The van der Waals surface area contributed by atoms with Crippen LogP contribution in [0.2, 0.25) is 0 Å². The van der Waals surface area contributed by atoms with Crippen molar-refractivity contribution < 1.29 is 29.3 Å². The van der Waals surface area contributed by atoms with Gasteiger partial charge in [0, 0.05) is 16.7 Å². The molecule has 1 unspecified atom stereocenters. The first-order valence-corrected chi connectivity index (χ1v) is 13.0. The number of aliphatic hydroxyl groups excluding tert-OH is 1. The van der Waals surface area contributed by atoms with Crippen LogP contribution in [0.3, 0.4) is 0 Å². The van der Waals surface area contributed by atoms with Crippen molar-refractivity contribution in [2.24, 2.45) is 28.6 Å². The van der Waals surface area contributed by atoms with Crippen LogP contribution in [0.15, 0.2) is 48.1 Å². The molecule has 4 aliphatic carbocycles. The Morgan fingerprint density at radius 3 is 2.61 bits per heavy atom. The Labute approximate surface area is 212 Å². The molecule has 0 heterocycles. The molecule has 0 aromatic heterocycles. The topological polar surface area (TPSA) is 105 Å². The maximum atomic E-state index is 13.3. The zero-order valence-corrected chi connectivity index (χ0v) is 21.3. The van der Waals surface area contributed by atoms with Gasteiger partial charge in [-0.05, 0) is 80.4 Å². The van der Waals surface area contributed by atoms with Crippen LogP contribution in [0.4, 0.5) is 0 Å². The van der Waals surface area contributed by atoms with Crippen molar-refractivity contribution in [1.29, 1.82) is 0 Å². The number of methoxy groups -OCH3 is 1. The van der Waals surface area contributed by atoms with Crippen molar-refractivity contribution in [3.63, 3.8) is 0 Å². The Balaban J connectivity index is 1.27. The molecule has 194 valence electrons. The minimum atomic E-state index is -1.54. The molecular weight excluding hydrogens is 458 g/mol. The van der Waals surface area contributed by atoms with Gasteiger partial charge in [0.25, 0.3) is 5.91 Å². The highest BCUT2D eigenvalue weighted by Crippen LogP contribution is 2.66. The van der Waals surface area contributed by atoms with Crippen LogP contribution in [0.25, 0.3) is 0 Å². The highest BCUT2D eigenvalue weighted by atomic mass is 16.5. The van der Waals surface area contributed by atoms with Crippen molar-refractivity contribution in [1.82, 2.24) is 5.32 Å². The van der Waals surface area contributed by atoms with E-state index >= 15 is 0 Å². The molecule has 0 aliphatic heterocycles. The van der Waals surface area contributed by atoms with E-state index in [1.165, 1.54) is 0 Å². The standard InChI is InChI=1S/C29H37NO6/c1-27-12-10-19(31)16-18(27)4-9-22-23-11-13-29(34,28(23,2)17-24(32)25(22)27)26(33)30-14-15-36-21-7-5-20(35-3)6-8-21/h5-8,10,12,16,22-25,32,34H,4,9,11,13-15,17H2,1-3H3,(H,30,33)/t22-,23?,24-,25+,27-,28-,29-/m0/s1. The zero-order valence-electron chi connectivity index (χ0n) is 21.3. The first-order valence-electron chi connectivity index (χ1n) is 13.0. The van der Waals surface area contributed by atoms with Crippen LogP contribution in [0, 0.1) is 28.6 Å². The van der Waals surface area contributed by atoms with Gasteiger partial charge in [-0.15, -0.1) is 0 Å². The molecule has 3 saturated carbocycles. The van der Waals surface area contributed by atoms with Gasteiger partial charge in [-0.3, -0.25) is 9.59 Å². The SMILES string of the molecule is COc1ccc(OCCNC(=O)[C@@]2(O)CCC3[C@@H]4CCC5=CC(=O)C=C[C@]5(C)[C@H]4[C@@H](O)C[C@@]32C)cc1. The van der Waals surface area contributed by atoms with E-state index in [9.17, 15) is 19.8 Å². The maximum absolute atomic E-state index is 13.3. The van der Waals surface area contributed by atoms with Gasteiger partial charge in [-0.25, -0.2) is 0 Å². The van der Waals surface area contributed by atoms with Crippen molar-refractivity contribution in [2.75, 3.05) is 20.3 Å². The summed E-state index contributed by atoms with van der Waals surface area (Å²) < 4.78 is 10.9. The van der Waals surface area contributed by atoms with Gasteiger partial charge in [0.15, 0.2) is 5.78 Å². The lowest BCUT2D eigenvalue weighted by Crippen LogP contribution is -2.63. The number of fused-ring (bicyclic) bond motifs is 5. The van der Waals surface area contributed by atoms with E-state index in [1.54, 1.807) is 31.4 Å². The van der Waals surface area contributed by atoms with Gasteiger partial charge in [0.05, 0.1) is 19.8 Å². The van der Waals surface area contributed by atoms with E-state index in [1.807, 2.05) is 25.1 Å². The quantitative estimate of drug-likeness (QED) is 0.524. The molecule has 0 saturated heterocycles. The van der Waals surface area contributed by atoms with E-state index in [4.69, 9.17) is 9.47 Å². The van der Waals surface area contributed by atoms with Gasteiger partial charge < -0.3 is 25.0 Å². The normalized spacial score (nSPS) is 38.9. The Bertz CT molecular complexity index is 1100. The van der Waals surface area contributed by atoms with Crippen LogP contribution in [0.5, 0.6) is 11.5 Å². The molecule has 7 nitrogen and oxygen atoms in total. The van der Waals surface area contributed by atoms with Crippen molar-refractivity contribution in [2.45, 2.75) is 57.7 Å². The lowest BCUT2D eigenvalue weighted by atomic mass is 9.46. The number of hydrogen-bond acceptors (Lipinski definition) is 6. The van der Waals surface area contributed by atoms with Crippen LogP contribution >= 0.6 is 0 Å². The summed E-state index contributed by atoms with van der Waals surface area (Å²) in [5, 5.41) is 26.1. The van der Waals surface area contributed by atoms with E-state index < -0.39 is 17.1 Å². The number of amides is 1. The van der Waals surface area contributed by atoms with Gasteiger partial charge in [-0.1, -0.05) is 25.5 Å². The average molecular weight is 496 g/mol. The molecule has 1 aromatic rings. The Kier molecular flexibility index (Phi) is 6.28. The van der Waals surface area contributed by atoms with Crippen LogP contribution in [-0.2, 0) is 9.59 Å². The van der Waals surface area contributed by atoms with E-state index in [-0.39, 0.29) is 48.0 Å². The lowest BCUT2D eigenvalue weighted by molar-refractivity contribution is -0.178. The van der Waals surface area contributed by atoms with Crippen LogP contribution in [-0.4, -0.2) is 53.9 Å². The number of hydrogen-bond donors (Lipinski definition) is 3. The first-order chi connectivity index (χ1) is 17.1. The number of rotatable bonds is 6. The first kappa shape index (κ1) is 25.0. The fourth-order valence-electron chi connectivity index (χ4n) is 7.86. The second kappa shape index (κ2) is 9.03. The summed E-state index contributed by atoms with van der Waals surface area (Å²) >= 11 is 0. The maximum Gasteiger partial charge on any atom is 0.252 e. The third-order valence-electron chi connectivity index (χ3n) is 9.74. The smallest absolute Gasteiger partial charge is 0.252 e. The summed E-state index contributed by atoms with van der Waals surface area (Å²) in [6, 6.07) is 7.23. The molecule has 1 aromatic carbocycles. The van der Waals surface area contributed by atoms with Crippen molar-refractivity contribution in [3.8, 4) is 11.5 Å². The number of nitrogens with one attached hydrogen (secondary N) is 1. The average Bonchev–Trinajstić information content (AvgIpc) is 3.13. The molecule has 0 spiro atoms. The molecule has 1 amide bonds. The molecule has 7 atom stereocenters. The molecular formula is C29H37NO6. The molecule has 4 aliphatic rings. The highest BCUT2D eigenvalue weighted by molar-refractivity contribution is 6.01. The van der Waals surface area contributed by atoms with E-state index in [0.29, 0.717) is 18.6 Å².